The molecule has 1 aromatic carbocycles. The maximum atomic E-state index is 11.8. The fraction of sp³-hybridized carbons (Fsp3) is 0.0833. The van der Waals surface area contributed by atoms with Crippen LogP contribution in [0.25, 0.3) is 21.8 Å². The Morgan fingerprint density at radius 3 is 2.88 bits per heavy atom. The molecule has 2 heterocycles. The van der Waals surface area contributed by atoms with Crippen LogP contribution in [0.3, 0.4) is 0 Å². The Hall–Kier alpha value is -2.23. The highest BCUT2D eigenvalue weighted by molar-refractivity contribution is 6.02. The lowest BCUT2D eigenvalue weighted by Crippen LogP contribution is -2.08. The Bertz CT molecular complexity index is 746. The van der Waals surface area contributed by atoms with Crippen molar-refractivity contribution in [3.63, 3.8) is 0 Å². The predicted molar refractivity (Wildman–Crippen MR) is 62.4 cm³/mol. The van der Waals surface area contributed by atoms with Gasteiger partial charge in [-0.3, -0.25) is 4.79 Å². The molecule has 3 aromatic rings. The van der Waals surface area contributed by atoms with E-state index in [1.54, 1.807) is 6.20 Å². The Labute approximate surface area is 91.0 Å². The molecule has 0 saturated carbocycles. The van der Waals surface area contributed by atoms with Crippen molar-refractivity contribution in [2.45, 2.75) is 6.92 Å². The van der Waals surface area contributed by atoms with Crippen molar-refractivity contribution < 1.29 is 0 Å². The molecule has 0 atom stereocenters. The van der Waals surface area contributed by atoms with E-state index in [0.717, 1.165) is 10.9 Å². The van der Waals surface area contributed by atoms with E-state index in [0.29, 0.717) is 16.7 Å². The molecule has 4 heteroatoms. The predicted octanol–water partition coefficient (Wildman–Crippen LogP) is 1.78. The number of H-pyrrole nitrogens is 1. The number of aromatic amines is 1. The molecule has 3 rings (SSSR count). The molecule has 0 amide bonds. The summed E-state index contributed by atoms with van der Waals surface area (Å²) in [4.78, 5) is 23.0. The number of fused-ring (bicyclic) bond motifs is 3. The molecule has 0 aliphatic carbocycles. The van der Waals surface area contributed by atoms with Crippen LogP contribution in [-0.4, -0.2) is 15.0 Å². The molecule has 0 aliphatic rings. The van der Waals surface area contributed by atoms with Gasteiger partial charge in [0.1, 0.15) is 5.82 Å². The monoisotopic (exact) mass is 211 g/mol. The lowest BCUT2D eigenvalue weighted by Gasteiger charge is -2.02. The van der Waals surface area contributed by atoms with Gasteiger partial charge in [0, 0.05) is 11.6 Å². The zero-order valence-corrected chi connectivity index (χ0v) is 8.69. The Kier molecular flexibility index (Phi) is 1.77. The normalized spacial score (nSPS) is 11.1. The van der Waals surface area contributed by atoms with Gasteiger partial charge in [-0.1, -0.05) is 18.2 Å². The van der Waals surface area contributed by atoms with Crippen molar-refractivity contribution in [3.8, 4) is 0 Å². The number of aryl methyl sites for hydroxylation is 1. The quantitative estimate of drug-likeness (QED) is 0.576. The van der Waals surface area contributed by atoms with Crippen LogP contribution in [0.5, 0.6) is 0 Å². The first-order chi connectivity index (χ1) is 7.75. The van der Waals surface area contributed by atoms with Crippen LogP contribution in [0.4, 0.5) is 0 Å². The van der Waals surface area contributed by atoms with Gasteiger partial charge >= 0.3 is 0 Å². The summed E-state index contributed by atoms with van der Waals surface area (Å²) in [6.07, 6.45) is 1.57. The van der Waals surface area contributed by atoms with Crippen molar-refractivity contribution in [1.82, 2.24) is 15.0 Å². The van der Waals surface area contributed by atoms with E-state index in [1.807, 2.05) is 31.2 Å². The summed E-state index contributed by atoms with van der Waals surface area (Å²) in [7, 11) is 0. The van der Waals surface area contributed by atoms with Crippen LogP contribution >= 0.6 is 0 Å². The number of para-hydroxylation sites is 1. The Balaban J connectivity index is 2.67. The maximum absolute atomic E-state index is 11.8. The van der Waals surface area contributed by atoms with Crippen LogP contribution in [0, 0.1) is 6.92 Å². The number of nitrogens with one attached hydrogen (secondary N) is 1. The Morgan fingerprint density at radius 1 is 1.19 bits per heavy atom. The van der Waals surface area contributed by atoms with Crippen LogP contribution in [0.2, 0.25) is 0 Å². The summed E-state index contributed by atoms with van der Waals surface area (Å²) in [6, 6.07) is 7.63. The highest BCUT2D eigenvalue weighted by Gasteiger charge is 2.06. The average molecular weight is 211 g/mol. The molecule has 0 bridgehead atoms. The summed E-state index contributed by atoms with van der Waals surface area (Å²) in [5.41, 5.74) is 1.37. The minimum absolute atomic E-state index is 0.145. The molecule has 78 valence electrons. The maximum Gasteiger partial charge on any atom is 0.259 e. The molecule has 4 nitrogen and oxygen atoms in total. The van der Waals surface area contributed by atoms with Crippen molar-refractivity contribution in [3.05, 3.63) is 46.6 Å². The molecular formula is C12H9N3O. The first-order valence-corrected chi connectivity index (χ1v) is 5.00. The summed E-state index contributed by atoms with van der Waals surface area (Å²) in [6.45, 7) is 1.81. The van der Waals surface area contributed by atoms with Gasteiger partial charge in [0.05, 0.1) is 16.4 Å². The van der Waals surface area contributed by atoms with Crippen LogP contribution in [0.15, 0.2) is 35.3 Å². The molecule has 0 radical (unpaired) electrons. The number of aromatic nitrogens is 3. The van der Waals surface area contributed by atoms with Crippen molar-refractivity contribution in [2.24, 2.45) is 0 Å². The van der Waals surface area contributed by atoms with Gasteiger partial charge < -0.3 is 4.98 Å². The molecule has 1 N–H and O–H groups in total. The fourth-order valence-electron chi connectivity index (χ4n) is 1.83. The molecule has 16 heavy (non-hydrogen) atoms. The van der Waals surface area contributed by atoms with Gasteiger partial charge in [-0.05, 0) is 13.0 Å². The molecule has 0 fully saturated rings. The van der Waals surface area contributed by atoms with Gasteiger partial charge in [-0.15, -0.1) is 0 Å². The minimum atomic E-state index is -0.145. The summed E-state index contributed by atoms with van der Waals surface area (Å²) in [5.74, 6) is 0.670. The first-order valence-electron chi connectivity index (χ1n) is 5.00. The summed E-state index contributed by atoms with van der Waals surface area (Å²) in [5, 5.41) is 1.48. The zero-order valence-electron chi connectivity index (χ0n) is 8.69. The van der Waals surface area contributed by atoms with E-state index in [-0.39, 0.29) is 5.56 Å². The van der Waals surface area contributed by atoms with E-state index < -0.39 is 0 Å². The van der Waals surface area contributed by atoms with E-state index >= 15 is 0 Å². The lowest BCUT2D eigenvalue weighted by atomic mass is 10.1. The van der Waals surface area contributed by atoms with Crippen LogP contribution in [-0.2, 0) is 0 Å². The second kappa shape index (κ2) is 3.13. The van der Waals surface area contributed by atoms with Gasteiger partial charge in [0.25, 0.3) is 5.56 Å². The van der Waals surface area contributed by atoms with Crippen molar-refractivity contribution in [2.75, 3.05) is 0 Å². The van der Waals surface area contributed by atoms with Crippen LogP contribution in [0.1, 0.15) is 5.82 Å². The second-order valence-electron chi connectivity index (χ2n) is 3.68. The zero-order chi connectivity index (χ0) is 11.1. The Morgan fingerprint density at radius 2 is 2.00 bits per heavy atom. The molecule has 2 aromatic heterocycles. The smallest absolute Gasteiger partial charge is 0.259 e. The standard InChI is InChI=1S/C12H9N3O/c1-7-13-6-9-11(14-7)8-4-2-3-5-10(8)15-12(9)16/h2-6H,1H3,(H,15,16). The summed E-state index contributed by atoms with van der Waals surface area (Å²) < 4.78 is 0. The fourth-order valence-corrected chi connectivity index (χ4v) is 1.83. The largest absolute Gasteiger partial charge is 0.321 e. The second-order valence-corrected chi connectivity index (χ2v) is 3.68. The third kappa shape index (κ3) is 1.20. The lowest BCUT2D eigenvalue weighted by molar-refractivity contribution is 1.09. The molecular weight excluding hydrogens is 202 g/mol. The number of hydrogen-bond acceptors (Lipinski definition) is 3. The first kappa shape index (κ1) is 9.03. The molecule has 0 unspecified atom stereocenters. The van der Waals surface area contributed by atoms with E-state index in [4.69, 9.17) is 0 Å². The van der Waals surface area contributed by atoms with Gasteiger partial charge in [0.15, 0.2) is 0 Å². The third-order valence-corrected chi connectivity index (χ3v) is 2.58. The summed E-state index contributed by atoms with van der Waals surface area (Å²) >= 11 is 0. The minimum Gasteiger partial charge on any atom is -0.321 e. The molecule has 0 spiro atoms. The highest BCUT2D eigenvalue weighted by atomic mass is 16.1. The van der Waals surface area contributed by atoms with Gasteiger partial charge in [0.2, 0.25) is 0 Å². The highest BCUT2D eigenvalue weighted by Crippen LogP contribution is 2.17. The number of rotatable bonds is 0. The molecule has 0 saturated heterocycles. The van der Waals surface area contributed by atoms with Crippen molar-refractivity contribution in [1.29, 1.82) is 0 Å². The molecule has 0 aliphatic heterocycles. The average Bonchev–Trinajstić information content (AvgIpc) is 2.29. The number of benzene rings is 1. The third-order valence-electron chi connectivity index (χ3n) is 2.58. The number of hydrogen-bond donors (Lipinski definition) is 1. The van der Waals surface area contributed by atoms with Crippen molar-refractivity contribution >= 4 is 21.8 Å². The van der Waals surface area contributed by atoms with E-state index in [9.17, 15) is 4.79 Å². The SMILES string of the molecule is Cc1ncc2c(=O)[nH]c3ccccc3c2n1. The van der Waals surface area contributed by atoms with E-state index in [1.165, 1.54) is 0 Å². The number of nitrogens with zero attached hydrogens (tertiary/aromatic N) is 2. The van der Waals surface area contributed by atoms with Gasteiger partial charge in [-0.2, -0.15) is 0 Å². The van der Waals surface area contributed by atoms with Crippen LogP contribution < -0.4 is 5.56 Å². The van der Waals surface area contributed by atoms with E-state index in [2.05, 4.69) is 15.0 Å². The number of pyridine rings is 1. The van der Waals surface area contributed by atoms with Gasteiger partial charge in [-0.25, -0.2) is 9.97 Å². The topological polar surface area (TPSA) is 58.6 Å².